The van der Waals surface area contributed by atoms with Gasteiger partial charge in [-0.05, 0) is 42.8 Å². The molecule has 0 saturated carbocycles. The molecule has 3 aromatic rings. The molecule has 1 aromatic heterocycles. The molecule has 0 saturated heterocycles. The molecule has 3 rings (SSSR count). The lowest BCUT2D eigenvalue weighted by atomic mass is 10.1. The molecule has 0 aliphatic heterocycles. The minimum absolute atomic E-state index is 0.0130. The van der Waals surface area contributed by atoms with E-state index in [1.165, 1.54) is 4.80 Å². The molecule has 122 valence electrons. The number of nitrogens with zero attached hydrogens (tertiary/aromatic N) is 4. The zero-order valence-electron chi connectivity index (χ0n) is 13.3. The molecule has 7 heteroatoms. The average Bonchev–Trinajstić information content (AvgIpc) is 2.99. The van der Waals surface area contributed by atoms with Crippen molar-refractivity contribution in [2.24, 2.45) is 0 Å². The summed E-state index contributed by atoms with van der Waals surface area (Å²) < 4.78 is 0. The molecular weight excluding hydrogens is 326 g/mol. The number of hydrogen-bond donors (Lipinski definition) is 1. The summed E-state index contributed by atoms with van der Waals surface area (Å²) in [6.45, 7) is 3.88. The molecule has 0 atom stereocenters. The van der Waals surface area contributed by atoms with E-state index in [1.807, 2.05) is 38.1 Å². The third-order valence-electron chi connectivity index (χ3n) is 3.51. The summed E-state index contributed by atoms with van der Waals surface area (Å²) in [6.07, 6.45) is 0. The van der Waals surface area contributed by atoms with Gasteiger partial charge in [-0.25, -0.2) is 0 Å². The number of hydrogen-bond acceptors (Lipinski definition) is 4. The predicted octanol–water partition coefficient (Wildman–Crippen LogP) is 3.25. The fourth-order valence-electron chi connectivity index (χ4n) is 2.21. The number of carbonyl (C=O) groups is 1. The smallest absolute Gasteiger partial charge is 0.248 e. The second kappa shape index (κ2) is 6.80. The van der Waals surface area contributed by atoms with E-state index in [2.05, 4.69) is 20.7 Å². The highest BCUT2D eigenvalue weighted by atomic mass is 35.5. The van der Waals surface area contributed by atoms with Gasteiger partial charge < -0.3 is 5.32 Å². The minimum Gasteiger partial charge on any atom is -0.324 e. The Hall–Kier alpha value is -2.73. The van der Waals surface area contributed by atoms with E-state index in [4.69, 9.17) is 11.6 Å². The van der Waals surface area contributed by atoms with Crippen LogP contribution in [0.1, 0.15) is 11.1 Å². The second-order valence-corrected chi connectivity index (χ2v) is 5.95. The highest BCUT2D eigenvalue weighted by molar-refractivity contribution is 6.30. The van der Waals surface area contributed by atoms with E-state index < -0.39 is 0 Å². The van der Waals surface area contributed by atoms with Crippen molar-refractivity contribution in [2.45, 2.75) is 20.4 Å². The lowest BCUT2D eigenvalue weighted by Gasteiger charge is -2.07. The van der Waals surface area contributed by atoms with Gasteiger partial charge in [-0.15, -0.1) is 10.2 Å². The third-order valence-corrected chi connectivity index (χ3v) is 3.75. The fraction of sp³-hybridized carbons (Fsp3) is 0.176. The molecule has 1 amide bonds. The largest absolute Gasteiger partial charge is 0.324 e. The molecule has 24 heavy (non-hydrogen) atoms. The lowest BCUT2D eigenvalue weighted by molar-refractivity contribution is -0.117. The van der Waals surface area contributed by atoms with E-state index >= 15 is 0 Å². The van der Waals surface area contributed by atoms with E-state index in [-0.39, 0.29) is 12.5 Å². The van der Waals surface area contributed by atoms with Crippen molar-refractivity contribution < 1.29 is 4.79 Å². The van der Waals surface area contributed by atoms with Crippen molar-refractivity contribution >= 4 is 23.2 Å². The number of amides is 1. The zero-order valence-corrected chi connectivity index (χ0v) is 14.1. The molecule has 1 N–H and O–H groups in total. The molecule has 0 radical (unpaired) electrons. The second-order valence-electron chi connectivity index (χ2n) is 5.52. The first-order chi connectivity index (χ1) is 11.5. The van der Waals surface area contributed by atoms with Crippen LogP contribution in [0.3, 0.4) is 0 Å². The van der Waals surface area contributed by atoms with Crippen molar-refractivity contribution in [3.8, 4) is 11.4 Å². The monoisotopic (exact) mass is 341 g/mol. The van der Waals surface area contributed by atoms with Gasteiger partial charge in [-0.2, -0.15) is 4.80 Å². The number of nitrogens with one attached hydrogen (secondary N) is 1. The molecule has 1 heterocycles. The first-order valence-corrected chi connectivity index (χ1v) is 7.80. The van der Waals surface area contributed by atoms with Gasteiger partial charge in [0.2, 0.25) is 11.7 Å². The molecule has 0 fully saturated rings. The zero-order chi connectivity index (χ0) is 17.1. The highest BCUT2D eigenvalue weighted by Crippen LogP contribution is 2.19. The number of aryl methyl sites for hydroxylation is 2. The molecule has 0 unspecified atom stereocenters. The van der Waals surface area contributed by atoms with E-state index in [0.717, 1.165) is 16.7 Å². The summed E-state index contributed by atoms with van der Waals surface area (Å²) >= 11 is 5.91. The maximum Gasteiger partial charge on any atom is 0.248 e. The van der Waals surface area contributed by atoms with Crippen LogP contribution in [0.5, 0.6) is 0 Å². The van der Waals surface area contributed by atoms with Crippen LogP contribution < -0.4 is 5.32 Å². The van der Waals surface area contributed by atoms with Gasteiger partial charge in [-0.1, -0.05) is 41.4 Å². The van der Waals surface area contributed by atoms with E-state index in [0.29, 0.717) is 16.5 Å². The molecule has 2 aromatic carbocycles. The topological polar surface area (TPSA) is 72.7 Å². The van der Waals surface area contributed by atoms with Crippen LogP contribution in [-0.2, 0) is 11.3 Å². The summed E-state index contributed by atoms with van der Waals surface area (Å²) in [7, 11) is 0. The van der Waals surface area contributed by atoms with Gasteiger partial charge in [0.1, 0.15) is 6.54 Å². The molecular formula is C17H16ClN5O. The molecule has 6 nitrogen and oxygen atoms in total. The van der Waals surface area contributed by atoms with Crippen molar-refractivity contribution in [1.29, 1.82) is 0 Å². The summed E-state index contributed by atoms with van der Waals surface area (Å²) in [4.78, 5) is 13.4. The Morgan fingerprint density at radius 3 is 2.62 bits per heavy atom. The normalized spacial score (nSPS) is 10.6. The van der Waals surface area contributed by atoms with Crippen molar-refractivity contribution in [3.05, 3.63) is 58.6 Å². The number of rotatable bonds is 4. The average molecular weight is 342 g/mol. The Kier molecular flexibility index (Phi) is 4.57. The van der Waals surface area contributed by atoms with Gasteiger partial charge in [0.15, 0.2) is 0 Å². The Morgan fingerprint density at radius 2 is 1.92 bits per heavy atom. The van der Waals surface area contributed by atoms with Crippen molar-refractivity contribution in [2.75, 3.05) is 5.32 Å². The maximum atomic E-state index is 12.1. The highest BCUT2D eigenvalue weighted by Gasteiger charge is 2.10. The minimum atomic E-state index is -0.228. The van der Waals surface area contributed by atoms with Crippen molar-refractivity contribution in [3.63, 3.8) is 0 Å². The Labute approximate surface area is 144 Å². The maximum absolute atomic E-state index is 12.1. The van der Waals surface area contributed by atoms with Gasteiger partial charge >= 0.3 is 0 Å². The molecule has 0 aliphatic rings. The van der Waals surface area contributed by atoms with Crippen LogP contribution in [0.2, 0.25) is 5.02 Å². The first kappa shape index (κ1) is 16.1. The van der Waals surface area contributed by atoms with Crippen molar-refractivity contribution in [1.82, 2.24) is 20.2 Å². The van der Waals surface area contributed by atoms with E-state index in [9.17, 15) is 4.79 Å². The van der Waals surface area contributed by atoms with E-state index in [1.54, 1.807) is 18.2 Å². The summed E-state index contributed by atoms with van der Waals surface area (Å²) in [5.74, 6) is 0.263. The lowest BCUT2D eigenvalue weighted by Crippen LogP contribution is -2.20. The van der Waals surface area contributed by atoms with Gasteiger partial charge in [0, 0.05) is 16.3 Å². The number of halogens is 1. The van der Waals surface area contributed by atoms with Crippen LogP contribution in [0.15, 0.2) is 42.5 Å². The van der Waals surface area contributed by atoms with Gasteiger partial charge in [0.05, 0.1) is 0 Å². The number of tetrazole rings is 1. The number of benzene rings is 2. The van der Waals surface area contributed by atoms with Crippen LogP contribution in [-0.4, -0.2) is 26.1 Å². The summed E-state index contributed by atoms with van der Waals surface area (Å²) in [5.41, 5.74) is 3.62. The van der Waals surface area contributed by atoms with Crippen LogP contribution in [0.25, 0.3) is 11.4 Å². The number of carbonyl (C=O) groups excluding carboxylic acids is 1. The number of anilines is 1. The predicted molar refractivity (Wildman–Crippen MR) is 92.8 cm³/mol. The summed E-state index contributed by atoms with van der Waals surface area (Å²) in [5, 5.41) is 15.6. The summed E-state index contributed by atoms with van der Waals surface area (Å²) in [6, 6.07) is 13.1. The Bertz CT molecular complexity index is 873. The first-order valence-electron chi connectivity index (χ1n) is 7.42. The standard InChI is InChI=1S/C17H16ClN5O/c1-11-3-5-13(6-4-11)17-20-22-23(21-17)10-16(24)19-15-8-7-14(18)9-12(15)2/h3-9H,10H2,1-2H3,(H,19,24). The Balaban J connectivity index is 1.68. The Morgan fingerprint density at radius 1 is 1.17 bits per heavy atom. The third kappa shape index (κ3) is 3.78. The fourth-order valence-corrected chi connectivity index (χ4v) is 2.44. The number of aromatic nitrogens is 4. The van der Waals surface area contributed by atoms with Crippen LogP contribution in [0, 0.1) is 13.8 Å². The van der Waals surface area contributed by atoms with Crippen LogP contribution >= 0.6 is 11.6 Å². The SMILES string of the molecule is Cc1ccc(-c2nnn(CC(=O)Nc3ccc(Cl)cc3C)n2)cc1. The van der Waals surface area contributed by atoms with Gasteiger partial charge in [0.25, 0.3) is 0 Å². The van der Waals surface area contributed by atoms with Gasteiger partial charge in [-0.3, -0.25) is 4.79 Å². The molecule has 0 aliphatic carbocycles. The van der Waals surface area contributed by atoms with Crippen LogP contribution in [0.4, 0.5) is 5.69 Å². The molecule has 0 bridgehead atoms. The molecule has 0 spiro atoms. The quantitative estimate of drug-likeness (QED) is 0.790.